The van der Waals surface area contributed by atoms with Gasteiger partial charge in [0.25, 0.3) is 5.91 Å². The number of ether oxygens (including phenoxy) is 1. The average Bonchev–Trinajstić information content (AvgIpc) is 2.98. The van der Waals surface area contributed by atoms with Gasteiger partial charge in [0.05, 0.1) is 7.11 Å². The van der Waals surface area contributed by atoms with Crippen LogP contribution in [0.5, 0.6) is 5.75 Å². The van der Waals surface area contributed by atoms with Gasteiger partial charge in [-0.2, -0.15) is 0 Å². The van der Waals surface area contributed by atoms with Gasteiger partial charge in [-0.1, -0.05) is 30.3 Å². The Morgan fingerprint density at radius 1 is 1.08 bits per heavy atom. The van der Waals surface area contributed by atoms with Gasteiger partial charge in [0.1, 0.15) is 11.8 Å². The number of fused-ring (bicyclic) bond motifs is 1. The van der Waals surface area contributed by atoms with Crippen LogP contribution in [0, 0.1) is 0 Å². The quantitative estimate of drug-likeness (QED) is 0.861. The van der Waals surface area contributed by atoms with Crippen LogP contribution in [0.3, 0.4) is 0 Å². The fraction of sp³-hybridized carbons (Fsp3) is 0.250. The molecule has 1 unspecified atom stereocenters. The molecule has 0 aliphatic carbocycles. The van der Waals surface area contributed by atoms with Gasteiger partial charge >= 0.3 is 0 Å². The standard InChI is InChI=1S/C20H18N2O4/c1-26-13-9-14(12-5-3-2-4-6-12)16-11-22(20(25)15(16)10-13)17-7-8-18(23)21-19(17)24/h2-6,9-10,17H,7-8,11H2,1H3,(H,21,23,24). The predicted octanol–water partition coefficient (Wildman–Crippen LogP) is 2.12. The molecular formula is C20H18N2O4. The van der Waals surface area contributed by atoms with Gasteiger partial charge in [0.15, 0.2) is 0 Å². The van der Waals surface area contributed by atoms with Crippen molar-refractivity contribution in [1.82, 2.24) is 10.2 Å². The molecule has 0 spiro atoms. The van der Waals surface area contributed by atoms with Crippen molar-refractivity contribution in [3.8, 4) is 16.9 Å². The second-order valence-corrected chi connectivity index (χ2v) is 6.47. The predicted molar refractivity (Wildman–Crippen MR) is 94.5 cm³/mol. The summed E-state index contributed by atoms with van der Waals surface area (Å²) >= 11 is 0. The van der Waals surface area contributed by atoms with Gasteiger partial charge in [-0.3, -0.25) is 19.7 Å². The lowest BCUT2D eigenvalue weighted by molar-refractivity contribution is -0.136. The maximum Gasteiger partial charge on any atom is 0.255 e. The third kappa shape index (κ3) is 2.63. The Morgan fingerprint density at radius 3 is 2.50 bits per heavy atom. The summed E-state index contributed by atoms with van der Waals surface area (Å²) in [5.41, 5.74) is 3.34. The van der Waals surface area contributed by atoms with Crippen molar-refractivity contribution < 1.29 is 19.1 Å². The molecule has 6 heteroatoms. The van der Waals surface area contributed by atoms with Crippen LogP contribution < -0.4 is 10.1 Å². The summed E-state index contributed by atoms with van der Waals surface area (Å²) in [6.07, 6.45) is 0.591. The van der Waals surface area contributed by atoms with Gasteiger partial charge in [-0.15, -0.1) is 0 Å². The molecule has 0 saturated carbocycles. The SMILES string of the molecule is COc1cc2c(c(-c3ccccc3)c1)CN(C1CCC(=O)NC1=O)C2=O. The normalized spacial score (nSPS) is 19.3. The third-order valence-electron chi connectivity index (χ3n) is 4.95. The van der Waals surface area contributed by atoms with Crippen LogP contribution in [0.4, 0.5) is 0 Å². The zero-order valence-electron chi connectivity index (χ0n) is 14.3. The number of methoxy groups -OCH3 is 1. The van der Waals surface area contributed by atoms with Crippen LogP contribution in [0.15, 0.2) is 42.5 Å². The van der Waals surface area contributed by atoms with Crippen LogP contribution in [0.2, 0.25) is 0 Å². The molecule has 1 N–H and O–H groups in total. The minimum absolute atomic E-state index is 0.203. The van der Waals surface area contributed by atoms with Gasteiger partial charge in [-0.25, -0.2) is 0 Å². The summed E-state index contributed by atoms with van der Waals surface area (Å²) < 4.78 is 5.37. The first kappa shape index (κ1) is 16.3. The molecule has 4 rings (SSSR count). The first-order valence-electron chi connectivity index (χ1n) is 8.49. The first-order chi connectivity index (χ1) is 12.6. The highest BCUT2D eigenvalue weighted by Gasteiger charge is 2.40. The van der Waals surface area contributed by atoms with Crippen LogP contribution in [-0.2, 0) is 16.1 Å². The van der Waals surface area contributed by atoms with Crippen LogP contribution in [-0.4, -0.2) is 35.8 Å². The molecule has 2 aliphatic heterocycles. The van der Waals surface area contributed by atoms with Crippen LogP contribution in [0.25, 0.3) is 11.1 Å². The average molecular weight is 350 g/mol. The lowest BCUT2D eigenvalue weighted by atomic mass is 9.96. The van der Waals surface area contributed by atoms with E-state index in [1.165, 1.54) is 0 Å². The number of piperidine rings is 1. The van der Waals surface area contributed by atoms with Crippen LogP contribution >= 0.6 is 0 Å². The fourth-order valence-electron chi connectivity index (χ4n) is 3.63. The Morgan fingerprint density at radius 2 is 1.81 bits per heavy atom. The molecule has 2 aromatic rings. The van der Waals surface area contributed by atoms with E-state index < -0.39 is 11.9 Å². The molecule has 26 heavy (non-hydrogen) atoms. The molecular weight excluding hydrogens is 332 g/mol. The topological polar surface area (TPSA) is 75.7 Å². The first-order valence-corrected chi connectivity index (χ1v) is 8.49. The molecule has 0 bridgehead atoms. The Kier molecular flexibility index (Phi) is 3.95. The minimum Gasteiger partial charge on any atom is -0.497 e. The summed E-state index contributed by atoms with van der Waals surface area (Å²) in [7, 11) is 1.56. The second kappa shape index (κ2) is 6.29. The number of amides is 3. The molecule has 0 radical (unpaired) electrons. The fourth-order valence-corrected chi connectivity index (χ4v) is 3.63. The second-order valence-electron chi connectivity index (χ2n) is 6.47. The molecule has 2 aromatic carbocycles. The summed E-state index contributed by atoms with van der Waals surface area (Å²) in [6, 6.07) is 12.8. The Labute approximate surface area is 150 Å². The zero-order chi connectivity index (χ0) is 18.3. The van der Waals surface area contributed by atoms with Gasteiger partial charge in [-0.05, 0) is 35.2 Å². The largest absolute Gasteiger partial charge is 0.497 e. The highest BCUT2D eigenvalue weighted by atomic mass is 16.5. The molecule has 6 nitrogen and oxygen atoms in total. The highest BCUT2D eigenvalue weighted by Crippen LogP contribution is 2.37. The number of imide groups is 1. The molecule has 2 heterocycles. The molecule has 3 amide bonds. The van der Waals surface area contributed by atoms with E-state index in [9.17, 15) is 14.4 Å². The lowest BCUT2D eigenvalue weighted by Gasteiger charge is -2.29. The maximum absolute atomic E-state index is 13.0. The Hall–Kier alpha value is -3.15. The molecule has 0 aromatic heterocycles. The van der Waals surface area contributed by atoms with Crippen LogP contribution in [0.1, 0.15) is 28.8 Å². The van der Waals surface area contributed by atoms with E-state index in [1.807, 2.05) is 36.4 Å². The van der Waals surface area contributed by atoms with Crippen molar-refractivity contribution in [3.63, 3.8) is 0 Å². The molecule has 1 atom stereocenters. The summed E-state index contributed by atoms with van der Waals surface area (Å²) in [4.78, 5) is 38.2. The van der Waals surface area contributed by atoms with E-state index in [0.29, 0.717) is 24.3 Å². The van der Waals surface area contributed by atoms with Gasteiger partial charge in [0.2, 0.25) is 11.8 Å². The Bertz CT molecular complexity index is 908. The van der Waals surface area contributed by atoms with Crippen molar-refractivity contribution in [2.24, 2.45) is 0 Å². The number of hydrogen-bond acceptors (Lipinski definition) is 4. The summed E-state index contributed by atoms with van der Waals surface area (Å²) in [5, 5.41) is 2.33. The smallest absolute Gasteiger partial charge is 0.255 e. The lowest BCUT2D eigenvalue weighted by Crippen LogP contribution is -2.52. The van der Waals surface area contributed by atoms with Crippen molar-refractivity contribution in [3.05, 3.63) is 53.6 Å². The van der Waals surface area contributed by atoms with E-state index in [0.717, 1.165) is 16.7 Å². The van der Waals surface area contributed by atoms with E-state index in [-0.39, 0.29) is 18.2 Å². The van der Waals surface area contributed by atoms with E-state index >= 15 is 0 Å². The van der Waals surface area contributed by atoms with E-state index in [4.69, 9.17) is 4.74 Å². The Balaban J connectivity index is 1.76. The van der Waals surface area contributed by atoms with Crippen molar-refractivity contribution in [2.45, 2.75) is 25.4 Å². The highest BCUT2D eigenvalue weighted by molar-refractivity contribution is 6.06. The van der Waals surface area contributed by atoms with Crippen molar-refractivity contribution >= 4 is 17.7 Å². The summed E-state index contributed by atoms with van der Waals surface area (Å²) in [5.74, 6) is -0.302. The zero-order valence-corrected chi connectivity index (χ0v) is 14.3. The number of benzene rings is 2. The van der Waals surface area contributed by atoms with E-state index in [1.54, 1.807) is 18.1 Å². The molecule has 2 aliphatic rings. The number of nitrogens with one attached hydrogen (secondary N) is 1. The van der Waals surface area contributed by atoms with Gasteiger partial charge < -0.3 is 9.64 Å². The third-order valence-corrected chi connectivity index (χ3v) is 4.95. The number of carbonyl (C=O) groups excluding carboxylic acids is 3. The number of hydrogen-bond donors (Lipinski definition) is 1. The summed E-state index contributed by atoms with van der Waals surface area (Å²) in [6.45, 7) is 0.342. The van der Waals surface area contributed by atoms with Crippen molar-refractivity contribution in [1.29, 1.82) is 0 Å². The number of rotatable bonds is 3. The monoisotopic (exact) mass is 350 g/mol. The van der Waals surface area contributed by atoms with Gasteiger partial charge in [0, 0.05) is 18.5 Å². The maximum atomic E-state index is 13.0. The van der Waals surface area contributed by atoms with E-state index in [2.05, 4.69) is 5.32 Å². The molecule has 1 fully saturated rings. The molecule has 132 valence electrons. The van der Waals surface area contributed by atoms with Crippen molar-refractivity contribution in [2.75, 3.05) is 7.11 Å². The number of nitrogens with zero attached hydrogens (tertiary/aromatic N) is 1. The number of carbonyl (C=O) groups is 3. The molecule has 1 saturated heterocycles. The minimum atomic E-state index is -0.623.